The van der Waals surface area contributed by atoms with E-state index in [2.05, 4.69) is 46.9 Å². The van der Waals surface area contributed by atoms with Crippen LogP contribution in [0.2, 0.25) is 0 Å². The van der Waals surface area contributed by atoms with Gasteiger partial charge in [0.2, 0.25) is 0 Å². The minimum Gasteiger partial charge on any atom is -0.354 e. The first-order chi connectivity index (χ1) is 14.3. The molecule has 6 nitrogen and oxygen atoms in total. The Labute approximate surface area is 192 Å². The summed E-state index contributed by atoms with van der Waals surface area (Å²) in [6.45, 7) is 13.9. The minimum absolute atomic E-state index is 0. The number of hydrogen-bond donors (Lipinski definition) is 1. The summed E-state index contributed by atoms with van der Waals surface area (Å²) in [5.41, 5.74) is 1.57. The Morgan fingerprint density at radius 1 is 1.19 bits per heavy atom. The summed E-state index contributed by atoms with van der Waals surface area (Å²) in [5, 5.41) is 0. The number of halogens is 1. The van der Waals surface area contributed by atoms with E-state index in [4.69, 9.17) is 0 Å². The zero-order valence-electron chi connectivity index (χ0n) is 18.5. The highest BCUT2D eigenvalue weighted by Gasteiger charge is 2.25. The lowest BCUT2D eigenvalue weighted by Gasteiger charge is -2.41. The van der Waals surface area contributed by atoms with Crippen molar-refractivity contribution in [3.8, 4) is 0 Å². The molecular weight excluding hydrogens is 432 g/mol. The number of rotatable bonds is 8. The smallest absolute Gasteiger partial charge is 0.261 e. The van der Waals surface area contributed by atoms with Crippen LogP contribution in [0.15, 0.2) is 60.1 Å². The Balaban J connectivity index is 0.00000341. The molecule has 0 aliphatic carbocycles. The van der Waals surface area contributed by atoms with Crippen LogP contribution in [-0.2, 0) is 10.0 Å². The lowest BCUT2D eigenvalue weighted by molar-refractivity contribution is 0.190. The van der Waals surface area contributed by atoms with Gasteiger partial charge in [0.05, 0.1) is 16.8 Å². The predicted molar refractivity (Wildman–Crippen MR) is 131 cm³/mol. The van der Waals surface area contributed by atoms with Crippen LogP contribution in [0.1, 0.15) is 38.7 Å². The lowest BCUT2D eigenvalue weighted by Crippen LogP contribution is -2.53. The monoisotopic (exact) mass is 464 g/mol. The normalized spacial score (nSPS) is 17.3. The molecule has 1 aliphatic heterocycles. The van der Waals surface area contributed by atoms with Gasteiger partial charge in [-0.2, -0.15) is 0 Å². The van der Waals surface area contributed by atoms with E-state index < -0.39 is 10.0 Å². The van der Waals surface area contributed by atoms with Crippen LogP contribution in [0.25, 0.3) is 0 Å². The van der Waals surface area contributed by atoms with Gasteiger partial charge in [-0.25, -0.2) is 13.4 Å². The number of sulfonamides is 1. The summed E-state index contributed by atoms with van der Waals surface area (Å²) >= 11 is 0. The van der Waals surface area contributed by atoms with E-state index in [1.807, 2.05) is 24.3 Å². The van der Waals surface area contributed by atoms with Gasteiger partial charge in [-0.15, -0.1) is 19.0 Å². The van der Waals surface area contributed by atoms with Crippen molar-refractivity contribution in [2.45, 2.75) is 44.0 Å². The van der Waals surface area contributed by atoms with Crippen molar-refractivity contribution in [3.63, 3.8) is 0 Å². The second kappa shape index (κ2) is 11.0. The average Bonchev–Trinajstić information content (AvgIpc) is 2.74. The molecule has 3 rings (SSSR count). The van der Waals surface area contributed by atoms with Gasteiger partial charge < -0.3 is 4.90 Å². The Morgan fingerprint density at radius 3 is 2.45 bits per heavy atom. The highest BCUT2D eigenvalue weighted by atomic mass is 35.5. The number of hydrogen-bond acceptors (Lipinski definition) is 5. The molecule has 1 saturated heterocycles. The summed E-state index contributed by atoms with van der Waals surface area (Å²) in [4.78, 5) is 9.47. The second-order valence-electron chi connectivity index (χ2n) is 8.03. The van der Waals surface area contributed by atoms with Crippen molar-refractivity contribution >= 4 is 33.9 Å². The van der Waals surface area contributed by atoms with Crippen LogP contribution >= 0.6 is 12.4 Å². The third kappa shape index (κ3) is 6.21. The average molecular weight is 465 g/mol. The Bertz CT molecular complexity index is 947. The van der Waals surface area contributed by atoms with Gasteiger partial charge in [0, 0.05) is 32.2 Å². The van der Waals surface area contributed by atoms with E-state index in [9.17, 15) is 8.42 Å². The van der Waals surface area contributed by atoms with E-state index in [0.29, 0.717) is 17.6 Å². The first kappa shape index (κ1) is 25.2. The van der Waals surface area contributed by atoms with Gasteiger partial charge in [0.1, 0.15) is 5.82 Å². The molecule has 0 saturated carbocycles. The third-order valence-electron chi connectivity index (χ3n) is 5.62. The van der Waals surface area contributed by atoms with Crippen molar-refractivity contribution in [2.75, 3.05) is 35.8 Å². The number of nitrogens with one attached hydrogen (secondary N) is 1. The zero-order valence-corrected chi connectivity index (χ0v) is 20.1. The summed E-state index contributed by atoms with van der Waals surface area (Å²) in [6.07, 6.45) is 4.61. The minimum atomic E-state index is -3.64. The maximum atomic E-state index is 12.7. The maximum Gasteiger partial charge on any atom is 0.261 e. The Morgan fingerprint density at radius 2 is 1.90 bits per heavy atom. The van der Waals surface area contributed by atoms with E-state index in [0.717, 1.165) is 44.0 Å². The molecular formula is C23H33ClN4O2S. The van der Waals surface area contributed by atoms with E-state index in [1.165, 1.54) is 0 Å². The fourth-order valence-electron chi connectivity index (χ4n) is 3.77. The van der Waals surface area contributed by atoms with Crippen LogP contribution in [-0.4, -0.2) is 50.5 Å². The largest absolute Gasteiger partial charge is 0.354 e. The predicted octanol–water partition coefficient (Wildman–Crippen LogP) is 4.51. The van der Waals surface area contributed by atoms with Gasteiger partial charge in [-0.1, -0.05) is 39.0 Å². The molecule has 8 heteroatoms. The van der Waals surface area contributed by atoms with E-state index >= 15 is 0 Å². The number of piperazine rings is 1. The van der Waals surface area contributed by atoms with Gasteiger partial charge in [0.25, 0.3) is 10.0 Å². The maximum absolute atomic E-state index is 12.7. The Kier molecular flexibility index (Phi) is 8.91. The molecule has 31 heavy (non-hydrogen) atoms. The van der Waals surface area contributed by atoms with Crippen molar-refractivity contribution in [2.24, 2.45) is 0 Å². The number of aromatic nitrogens is 1. The summed E-state index contributed by atoms with van der Waals surface area (Å²) in [7, 11) is -3.64. The van der Waals surface area contributed by atoms with Crippen LogP contribution in [0.3, 0.4) is 0 Å². The molecule has 2 heterocycles. The van der Waals surface area contributed by atoms with Crippen LogP contribution in [0.5, 0.6) is 0 Å². The molecule has 0 radical (unpaired) electrons. The molecule has 1 aliphatic rings. The summed E-state index contributed by atoms with van der Waals surface area (Å²) < 4.78 is 28.0. The molecule has 0 amide bonds. The van der Waals surface area contributed by atoms with E-state index in [1.54, 1.807) is 24.4 Å². The quantitative estimate of drug-likeness (QED) is 0.582. The fourth-order valence-corrected chi connectivity index (χ4v) is 4.82. The lowest BCUT2D eigenvalue weighted by atomic mass is 10.0. The molecule has 1 N–H and O–H groups in total. The number of pyridine rings is 1. The first-order valence-corrected chi connectivity index (χ1v) is 12.0. The zero-order chi connectivity index (χ0) is 21.7. The molecule has 170 valence electrons. The highest BCUT2D eigenvalue weighted by Crippen LogP contribution is 2.23. The molecule has 0 unspecified atom stereocenters. The van der Waals surface area contributed by atoms with Crippen molar-refractivity contribution in [1.82, 2.24) is 9.88 Å². The molecule has 2 aromatic rings. The van der Waals surface area contributed by atoms with Gasteiger partial charge >= 0.3 is 0 Å². The molecule has 0 spiro atoms. The molecule has 1 aromatic carbocycles. The molecule has 0 bridgehead atoms. The Hall–Kier alpha value is -2.09. The number of anilines is 2. The van der Waals surface area contributed by atoms with Crippen molar-refractivity contribution in [3.05, 3.63) is 60.8 Å². The SMILES string of the molecule is C=CCN1CCN(c2ccc(NS(=O)(=O)c3ccc(C(C)C)cc3)cn2)C[C@@H]1CC.Cl. The third-order valence-corrected chi connectivity index (χ3v) is 7.02. The summed E-state index contributed by atoms with van der Waals surface area (Å²) in [6, 6.07) is 11.1. The fraction of sp³-hybridized carbons (Fsp3) is 0.435. The van der Waals surface area contributed by atoms with Gasteiger partial charge in [-0.05, 0) is 42.2 Å². The van der Waals surface area contributed by atoms with Crippen LogP contribution < -0.4 is 9.62 Å². The highest BCUT2D eigenvalue weighted by molar-refractivity contribution is 7.92. The topological polar surface area (TPSA) is 65.5 Å². The van der Waals surface area contributed by atoms with Crippen LogP contribution in [0, 0.1) is 0 Å². The van der Waals surface area contributed by atoms with Gasteiger partial charge in [-0.3, -0.25) is 9.62 Å². The summed E-state index contributed by atoms with van der Waals surface area (Å²) in [5.74, 6) is 1.23. The van der Waals surface area contributed by atoms with Crippen LogP contribution in [0.4, 0.5) is 11.5 Å². The van der Waals surface area contributed by atoms with Gasteiger partial charge in [0.15, 0.2) is 0 Å². The standard InChI is InChI=1S/C23H32N4O2S.ClH/c1-5-13-26-14-15-27(17-21(26)6-2)23-12-9-20(16-24-23)25-30(28,29)22-10-7-19(8-11-22)18(3)4;/h5,7-12,16,18,21,25H,1,6,13-15,17H2,2-4H3;1H/t21-;/m0./s1. The van der Waals surface area contributed by atoms with E-state index in [-0.39, 0.29) is 17.3 Å². The van der Waals surface area contributed by atoms with Crippen molar-refractivity contribution in [1.29, 1.82) is 0 Å². The molecule has 1 atom stereocenters. The molecule has 1 fully saturated rings. The first-order valence-electron chi connectivity index (χ1n) is 10.5. The van der Waals surface area contributed by atoms with Crippen molar-refractivity contribution < 1.29 is 8.42 Å². The second-order valence-corrected chi connectivity index (χ2v) is 9.71. The number of nitrogens with zero attached hydrogens (tertiary/aromatic N) is 3. The number of benzene rings is 1. The molecule has 1 aromatic heterocycles.